The molecule has 1 heterocycles. The summed E-state index contributed by atoms with van der Waals surface area (Å²) < 4.78 is 5.17. The van der Waals surface area contributed by atoms with Crippen molar-refractivity contribution in [3.8, 4) is 5.75 Å². The normalized spacial score (nSPS) is 19.3. The number of rotatable bonds is 6. The van der Waals surface area contributed by atoms with Gasteiger partial charge in [0.25, 0.3) is 0 Å². The van der Waals surface area contributed by atoms with Crippen molar-refractivity contribution >= 4 is 5.91 Å². The van der Waals surface area contributed by atoms with Gasteiger partial charge in [0.1, 0.15) is 5.75 Å². The van der Waals surface area contributed by atoms with E-state index in [1.54, 1.807) is 7.11 Å². The molecule has 4 nitrogen and oxygen atoms in total. The van der Waals surface area contributed by atoms with Crippen LogP contribution in [0.5, 0.6) is 5.75 Å². The lowest BCUT2D eigenvalue weighted by Crippen LogP contribution is -2.43. The highest BCUT2D eigenvalue weighted by Gasteiger charge is 2.25. The number of benzene rings is 1. The fourth-order valence-corrected chi connectivity index (χ4v) is 2.95. The first-order valence-electron chi connectivity index (χ1n) is 7.71. The maximum Gasteiger partial charge on any atom is 0.239 e. The van der Waals surface area contributed by atoms with Crippen molar-refractivity contribution in [1.29, 1.82) is 0 Å². The lowest BCUT2D eigenvalue weighted by atomic mass is 10.0. The van der Waals surface area contributed by atoms with Crippen molar-refractivity contribution in [2.75, 3.05) is 27.2 Å². The molecule has 4 heteroatoms. The summed E-state index contributed by atoms with van der Waals surface area (Å²) in [5.41, 5.74) is 1.28. The van der Waals surface area contributed by atoms with E-state index in [1.807, 2.05) is 24.1 Å². The van der Waals surface area contributed by atoms with Gasteiger partial charge in [-0.1, -0.05) is 19.1 Å². The van der Waals surface area contributed by atoms with Crippen LogP contribution in [0.15, 0.2) is 24.3 Å². The molecule has 1 aromatic carbocycles. The van der Waals surface area contributed by atoms with Crippen LogP contribution in [0.25, 0.3) is 0 Å². The molecule has 1 fully saturated rings. The van der Waals surface area contributed by atoms with Gasteiger partial charge in [0.05, 0.1) is 13.2 Å². The van der Waals surface area contributed by atoms with Crippen molar-refractivity contribution < 1.29 is 9.53 Å². The van der Waals surface area contributed by atoms with Crippen LogP contribution in [0, 0.1) is 5.92 Å². The zero-order chi connectivity index (χ0) is 15.2. The lowest BCUT2D eigenvalue weighted by Gasteiger charge is -2.24. The first kappa shape index (κ1) is 15.8. The number of carbonyl (C=O) groups is 1. The van der Waals surface area contributed by atoms with E-state index in [-0.39, 0.29) is 11.9 Å². The van der Waals surface area contributed by atoms with E-state index >= 15 is 0 Å². The minimum absolute atomic E-state index is 0.0307. The summed E-state index contributed by atoms with van der Waals surface area (Å²) in [5.74, 6) is 1.55. The quantitative estimate of drug-likeness (QED) is 0.872. The molecular weight excluding hydrogens is 264 g/mol. The Labute approximate surface area is 127 Å². The Morgan fingerprint density at radius 2 is 2.14 bits per heavy atom. The summed E-state index contributed by atoms with van der Waals surface area (Å²) in [5, 5.41) is 3.27. The zero-order valence-corrected chi connectivity index (χ0v) is 13.3. The SMILES string of the molecule is COc1ccc(CC(C)CN(C)C(=O)C2CCCN2)cc1. The van der Waals surface area contributed by atoms with Crippen LogP contribution in [0.4, 0.5) is 0 Å². The number of methoxy groups -OCH3 is 1. The molecule has 0 radical (unpaired) electrons. The largest absolute Gasteiger partial charge is 0.497 e. The molecule has 0 saturated carbocycles. The smallest absolute Gasteiger partial charge is 0.239 e. The van der Waals surface area contributed by atoms with Crippen LogP contribution < -0.4 is 10.1 Å². The number of nitrogens with zero attached hydrogens (tertiary/aromatic N) is 1. The topological polar surface area (TPSA) is 41.6 Å². The number of carbonyl (C=O) groups excluding carboxylic acids is 1. The van der Waals surface area contributed by atoms with Crippen molar-refractivity contribution in [1.82, 2.24) is 10.2 Å². The molecule has 1 saturated heterocycles. The molecule has 0 aliphatic carbocycles. The molecule has 0 bridgehead atoms. The standard InChI is InChI=1S/C17H26N2O2/c1-13(11-14-6-8-15(21-3)9-7-14)12-19(2)17(20)16-5-4-10-18-16/h6-9,13,16,18H,4-5,10-12H2,1-3H3. The third-order valence-corrected chi connectivity index (χ3v) is 4.06. The second kappa shape index (κ2) is 7.46. The highest BCUT2D eigenvalue weighted by molar-refractivity contribution is 5.81. The molecule has 2 atom stereocenters. The number of amides is 1. The summed E-state index contributed by atoms with van der Waals surface area (Å²) in [6, 6.07) is 8.19. The second-order valence-electron chi connectivity index (χ2n) is 6.03. The maximum absolute atomic E-state index is 12.3. The lowest BCUT2D eigenvalue weighted by molar-refractivity contribution is -0.132. The van der Waals surface area contributed by atoms with E-state index in [0.29, 0.717) is 5.92 Å². The Kier molecular flexibility index (Phi) is 5.62. The van der Waals surface area contributed by atoms with E-state index in [9.17, 15) is 4.79 Å². The molecule has 1 amide bonds. The predicted molar refractivity (Wildman–Crippen MR) is 84.5 cm³/mol. The molecule has 1 aliphatic rings. The highest BCUT2D eigenvalue weighted by Crippen LogP contribution is 2.16. The fraction of sp³-hybridized carbons (Fsp3) is 0.588. The van der Waals surface area contributed by atoms with Crippen LogP contribution in [0.3, 0.4) is 0 Å². The van der Waals surface area contributed by atoms with Gasteiger partial charge < -0.3 is 15.0 Å². The van der Waals surface area contributed by atoms with Gasteiger partial charge in [-0.25, -0.2) is 0 Å². The summed E-state index contributed by atoms with van der Waals surface area (Å²) in [4.78, 5) is 14.1. The van der Waals surface area contributed by atoms with Crippen molar-refractivity contribution in [3.05, 3.63) is 29.8 Å². The average Bonchev–Trinajstić information content (AvgIpc) is 3.01. The van der Waals surface area contributed by atoms with Crippen LogP contribution in [-0.2, 0) is 11.2 Å². The van der Waals surface area contributed by atoms with E-state index in [4.69, 9.17) is 4.74 Å². The molecule has 0 spiro atoms. The van der Waals surface area contributed by atoms with Gasteiger partial charge >= 0.3 is 0 Å². The number of hydrogen-bond donors (Lipinski definition) is 1. The number of likely N-dealkylation sites (N-methyl/N-ethyl adjacent to an activating group) is 1. The average molecular weight is 290 g/mol. The first-order valence-corrected chi connectivity index (χ1v) is 7.71. The summed E-state index contributed by atoms with van der Waals surface area (Å²) in [6.07, 6.45) is 3.04. The second-order valence-corrected chi connectivity index (χ2v) is 6.03. The first-order chi connectivity index (χ1) is 10.1. The van der Waals surface area contributed by atoms with Gasteiger partial charge in [0.15, 0.2) is 0 Å². The molecule has 1 aliphatic heterocycles. The van der Waals surface area contributed by atoms with Crippen molar-refractivity contribution in [3.63, 3.8) is 0 Å². The van der Waals surface area contributed by atoms with Gasteiger partial charge in [0, 0.05) is 13.6 Å². The Hall–Kier alpha value is -1.55. The molecule has 2 unspecified atom stereocenters. The molecule has 2 rings (SSSR count). The van der Waals surface area contributed by atoms with Crippen molar-refractivity contribution in [2.24, 2.45) is 5.92 Å². The van der Waals surface area contributed by atoms with Gasteiger partial charge in [0.2, 0.25) is 5.91 Å². The van der Waals surface area contributed by atoms with Crippen LogP contribution >= 0.6 is 0 Å². The van der Waals surface area contributed by atoms with Gasteiger partial charge in [-0.2, -0.15) is 0 Å². The van der Waals surface area contributed by atoms with Crippen LogP contribution in [-0.4, -0.2) is 44.1 Å². The predicted octanol–water partition coefficient (Wildman–Crippen LogP) is 2.08. The number of nitrogens with one attached hydrogen (secondary N) is 1. The molecular formula is C17H26N2O2. The van der Waals surface area contributed by atoms with Gasteiger partial charge in [-0.05, 0) is 49.4 Å². The number of hydrogen-bond acceptors (Lipinski definition) is 3. The van der Waals surface area contributed by atoms with Gasteiger partial charge in [-0.3, -0.25) is 4.79 Å². The van der Waals surface area contributed by atoms with Gasteiger partial charge in [-0.15, -0.1) is 0 Å². The Balaban J connectivity index is 1.82. The molecule has 1 aromatic rings. The van der Waals surface area contributed by atoms with Crippen LogP contribution in [0.1, 0.15) is 25.3 Å². The molecule has 1 N–H and O–H groups in total. The summed E-state index contributed by atoms with van der Waals surface area (Å²) >= 11 is 0. The Bertz CT molecular complexity index is 452. The molecule has 116 valence electrons. The fourth-order valence-electron chi connectivity index (χ4n) is 2.95. The third kappa shape index (κ3) is 4.46. The molecule has 21 heavy (non-hydrogen) atoms. The van der Waals surface area contributed by atoms with Crippen molar-refractivity contribution in [2.45, 2.75) is 32.2 Å². The Morgan fingerprint density at radius 3 is 2.71 bits per heavy atom. The minimum Gasteiger partial charge on any atom is -0.497 e. The molecule has 0 aromatic heterocycles. The highest BCUT2D eigenvalue weighted by atomic mass is 16.5. The third-order valence-electron chi connectivity index (χ3n) is 4.06. The minimum atomic E-state index is 0.0307. The summed E-state index contributed by atoms with van der Waals surface area (Å²) in [6.45, 7) is 3.95. The Morgan fingerprint density at radius 1 is 1.43 bits per heavy atom. The zero-order valence-electron chi connectivity index (χ0n) is 13.3. The maximum atomic E-state index is 12.3. The van der Waals surface area contributed by atoms with Crippen LogP contribution in [0.2, 0.25) is 0 Å². The summed E-state index contributed by atoms with van der Waals surface area (Å²) in [7, 11) is 3.59. The van der Waals surface area contributed by atoms with E-state index in [1.165, 1.54) is 5.56 Å². The van der Waals surface area contributed by atoms with E-state index in [0.717, 1.165) is 38.1 Å². The number of ether oxygens (including phenoxy) is 1. The van der Waals surface area contributed by atoms with E-state index < -0.39 is 0 Å². The monoisotopic (exact) mass is 290 g/mol. The van der Waals surface area contributed by atoms with E-state index in [2.05, 4.69) is 24.4 Å².